The molecule has 0 saturated carbocycles. The topological polar surface area (TPSA) is 49.8 Å². The Hall–Kier alpha value is -0.420. The molecule has 112 valence electrons. The summed E-state index contributed by atoms with van der Waals surface area (Å²) in [4.78, 5) is 13.8. The van der Waals surface area contributed by atoms with Crippen LogP contribution in [0.3, 0.4) is 0 Å². The van der Waals surface area contributed by atoms with E-state index in [1.165, 1.54) is 0 Å². The Balaban J connectivity index is 2.55. The minimum Gasteiger partial charge on any atom is -0.444 e. The summed E-state index contributed by atoms with van der Waals surface area (Å²) in [5.74, 6) is 0.668. The van der Waals surface area contributed by atoms with Crippen molar-refractivity contribution in [3.8, 4) is 0 Å². The number of ether oxygens (including phenoxy) is 1. The molecule has 1 heterocycles. The van der Waals surface area contributed by atoms with Crippen LogP contribution in [0.1, 0.15) is 47.5 Å². The Morgan fingerprint density at radius 1 is 1.47 bits per heavy atom. The van der Waals surface area contributed by atoms with Crippen LogP contribution in [-0.4, -0.2) is 51.4 Å². The zero-order valence-electron chi connectivity index (χ0n) is 12.7. The quantitative estimate of drug-likeness (QED) is 0.864. The van der Waals surface area contributed by atoms with Gasteiger partial charge in [-0.1, -0.05) is 13.8 Å². The fraction of sp³-hybridized carbons (Fsp3) is 0.929. The summed E-state index contributed by atoms with van der Waals surface area (Å²) in [6, 6.07) is -0.0962. The maximum Gasteiger partial charge on any atom is 0.410 e. The maximum atomic E-state index is 12.1. The first-order valence-corrected chi connectivity index (χ1v) is 8.05. The molecular formula is C14H27NO3S. The fourth-order valence-corrected chi connectivity index (χ4v) is 2.95. The molecule has 0 aromatic heterocycles. The summed E-state index contributed by atoms with van der Waals surface area (Å²) in [7, 11) is 0. The Labute approximate surface area is 120 Å². The Morgan fingerprint density at radius 2 is 2.11 bits per heavy atom. The normalized spacial score (nSPS) is 21.8. The molecule has 0 bridgehead atoms. The number of likely N-dealkylation sites (tertiary alicyclic amines) is 1. The number of amides is 1. The van der Waals surface area contributed by atoms with Crippen LogP contribution in [0, 0.1) is 0 Å². The molecular weight excluding hydrogens is 262 g/mol. The number of hydrogen-bond donors (Lipinski definition) is 1. The van der Waals surface area contributed by atoms with E-state index in [2.05, 4.69) is 13.8 Å². The molecule has 1 N–H and O–H groups in total. The summed E-state index contributed by atoms with van der Waals surface area (Å²) in [5.41, 5.74) is -0.484. The molecule has 4 nitrogen and oxygen atoms in total. The van der Waals surface area contributed by atoms with Gasteiger partial charge in [-0.05, 0) is 38.9 Å². The summed E-state index contributed by atoms with van der Waals surface area (Å²) in [6.07, 6.45) is 1.03. The van der Waals surface area contributed by atoms with Crippen LogP contribution < -0.4 is 0 Å². The molecule has 2 atom stereocenters. The molecule has 1 fully saturated rings. The van der Waals surface area contributed by atoms with Crippen LogP contribution in [0.25, 0.3) is 0 Å². The smallest absolute Gasteiger partial charge is 0.410 e. The van der Waals surface area contributed by atoms with Crippen molar-refractivity contribution in [2.24, 2.45) is 0 Å². The molecule has 1 aliphatic rings. The molecule has 1 unspecified atom stereocenters. The van der Waals surface area contributed by atoms with Gasteiger partial charge in [0.25, 0.3) is 0 Å². The van der Waals surface area contributed by atoms with Gasteiger partial charge in [0.1, 0.15) is 5.60 Å². The highest BCUT2D eigenvalue weighted by molar-refractivity contribution is 7.99. The Bertz CT molecular complexity index is 302. The van der Waals surface area contributed by atoms with Crippen molar-refractivity contribution in [2.75, 3.05) is 12.3 Å². The number of thioether (sulfide) groups is 1. The summed E-state index contributed by atoms with van der Waals surface area (Å²) >= 11 is 1.72. The number of hydrogen-bond acceptors (Lipinski definition) is 4. The predicted octanol–water partition coefficient (Wildman–Crippen LogP) is 2.89. The first-order chi connectivity index (χ1) is 8.70. The van der Waals surface area contributed by atoms with Crippen LogP contribution in [-0.2, 0) is 4.74 Å². The molecule has 0 aromatic carbocycles. The molecule has 1 amide bonds. The molecule has 0 radical (unpaired) electrons. The third-order valence-corrected chi connectivity index (χ3v) is 4.17. The monoisotopic (exact) mass is 289 g/mol. The number of rotatable bonds is 4. The first-order valence-electron chi connectivity index (χ1n) is 7.00. The van der Waals surface area contributed by atoms with E-state index in [9.17, 15) is 9.90 Å². The molecule has 1 aliphatic heterocycles. The van der Waals surface area contributed by atoms with Crippen molar-refractivity contribution >= 4 is 17.9 Å². The lowest BCUT2D eigenvalue weighted by Crippen LogP contribution is -2.46. The molecule has 0 spiro atoms. The third kappa shape index (κ3) is 5.61. The first kappa shape index (κ1) is 16.6. The second-order valence-corrected chi connectivity index (χ2v) is 7.94. The van der Waals surface area contributed by atoms with Crippen LogP contribution in [0.4, 0.5) is 4.79 Å². The van der Waals surface area contributed by atoms with Crippen molar-refractivity contribution in [3.63, 3.8) is 0 Å². The highest BCUT2D eigenvalue weighted by Crippen LogP contribution is 2.25. The standard InChI is InChI=1S/C14H27NO3S/c1-10(2)19-9-12(16)11-7-6-8-15(11)13(17)18-14(3,4)5/h10-12,16H,6-9H2,1-5H3/t11-,12?/m0/s1. The van der Waals surface area contributed by atoms with Gasteiger partial charge in [0.15, 0.2) is 0 Å². The number of carbonyl (C=O) groups excluding carboxylic acids is 1. The highest BCUT2D eigenvalue weighted by atomic mass is 32.2. The van der Waals surface area contributed by atoms with E-state index >= 15 is 0 Å². The fourth-order valence-electron chi connectivity index (χ4n) is 2.14. The van der Waals surface area contributed by atoms with Gasteiger partial charge in [-0.2, -0.15) is 11.8 Å². The highest BCUT2D eigenvalue weighted by Gasteiger charge is 2.36. The maximum absolute atomic E-state index is 12.1. The largest absolute Gasteiger partial charge is 0.444 e. The predicted molar refractivity (Wildman–Crippen MR) is 79.6 cm³/mol. The van der Waals surface area contributed by atoms with Gasteiger partial charge >= 0.3 is 6.09 Å². The van der Waals surface area contributed by atoms with E-state index in [-0.39, 0.29) is 12.1 Å². The minimum atomic E-state index is -0.484. The van der Waals surface area contributed by atoms with Gasteiger partial charge in [0.2, 0.25) is 0 Å². The summed E-state index contributed by atoms with van der Waals surface area (Å²) in [5, 5.41) is 10.7. The van der Waals surface area contributed by atoms with E-state index in [1.807, 2.05) is 20.8 Å². The van der Waals surface area contributed by atoms with Crippen LogP contribution >= 0.6 is 11.8 Å². The zero-order valence-corrected chi connectivity index (χ0v) is 13.5. The summed E-state index contributed by atoms with van der Waals surface area (Å²) in [6.45, 7) is 10.5. The number of carbonyl (C=O) groups is 1. The Kier molecular flexibility index (Phi) is 5.99. The lowest BCUT2D eigenvalue weighted by Gasteiger charge is -2.31. The number of nitrogens with zero attached hydrogens (tertiary/aromatic N) is 1. The number of aliphatic hydroxyl groups excluding tert-OH is 1. The molecule has 19 heavy (non-hydrogen) atoms. The second-order valence-electron chi connectivity index (χ2n) is 6.33. The van der Waals surface area contributed by atoms with Gasteiger partial charge in [-0.15, -0.1) is 0 Å². The van der Waals surface area contributed by atoms with E-state index in [4.69, 9.17) is 4.74 Å². The van der Waals surface area contributed by atoms with Crippen LogP contribution in [0.15, 0.2) is 0 Å². The lowest BCUT2D eigenvalue weighted by molar-refractivity contribution is 0.00865. The van der Waals surface area contributed by atoms with Gasteiger partial charge < -0.3 is 14.7 Å². The SMILES string of the molecule is CC(C)SCC(O)[C@@H]1CCCN1C(=O)OC(C)(C)C. The van der Waals surface area contributed by atoms with Crippen molar-refractivity contribution in [1.82, 2.24) is 4.90 Å². The molecule has 1 saturated heterocycles. The van der Waals surface area contributed by atoms with Gasteiger partial charge in [-0.3, -0.25) is 0 Å². The lowest BCUT2D eigenvalue weighted by atomic mass is 10.1. The number of aliphatic hydroxyl groups is 1. The molecule has 0 aromatic rings. The Morgan fingerprint density at radius 3 is 2.63 bits per heavy atom. The van der Waals surface area contributed by atoms with Gasteiger partial charge in [-0.25, -0.2) is 4.79 Å². The van der Waals surface area contributed by atoms with Crippen molar-refractivity contribution < 1.29 is 14.6 Å². The van der Waals surface area contributed by atoms with E-state index in [0.29, 0.717) is 17.5 Å². The van der Waals surface area contributed by atoms with E-state index < -0.39 is 11.7 Å². The van der Waals surface area contributed by atoms with Crippen LogP contribution in [0.2, 0.25) is 0 Å². The van der Waals surface area contributed by atoms with E-state index in [1.54, 1.807) is 16.7 Å². The molecule has 5 heteroatoms. The van der Waals surface area contributed by atoms with Gasteiger partial charge in [0.05, 0.1) is 12.1 Å². The van der Waals surface area contributed by atoms with Crippen molar-refractivity contribution in [1.29, 1.82) is 0 Å². The third-order valence-electron chi connectivity index (χ3n) is 2.97. The minimum absolute atomic E-state index is 0.0962. The van der Waals surface area contributed by atoms with E-state index in [0.717, 1.165) is 12.8 Å². The zero-order chi connectivity index (χ0) is 14.6. The average Bonchev–Trinajstić information content (AvgIpc) is 2.72. The van der Waals surface area contributed by atoms with Crippen molar-refractivity contribution in [2.45, 2.75) is 70.5 Å². The van der Waals surface area contributed by atoms with Crippen LogP contribution in [0.5, 0.6) is 0 Å². The molecule has 0 aliphatic carbocycles. The average molecular weight is 289 g/mol. The van der Waals surface area contributed by atoms with Gasteiger partial charge in [0, 0.05) is 12.3 Å². The molecule has 1 rings (SSSR count). The second kappa shape index (κ2) is 6.84. The van der Waals surface area contributed by atoms with Crippen molar-refractivity contribution in [3.05, 3.63) is 0 Å². The summed E-state index contributed by atoms with van der Waals surface area (Å²) < 4.78 is 5.40.